The monoisotopic (exact) mass is 509 g/mol. The van der Waals surface area contributed by atoms with Crippen LogP contribution in [-0.2, 0) is 17.4 Å². The number of imide groups is 1. The molecule has 3 N–H and O–H groups in total. The van der Waals surface area contributed by atoms with E-state index in [1.54, 1.807) is 12.3 Å². The molecule has 7 nitrogen and oxygen atoms in total. The van der Waals surface area contributed by atoms with Crippen LogP contribution in [0.3, 0.4) is 0 Å². The Balaban J connectivity index is 1.24. The van der Waals surface area contributed by atoms with Crippen molar-refractivity contribution in [3.63, 3.8) is 0 Å². The summed E-state index contributed by atoms with van der Waals surface area (Å²) in [5, 5.41) is 8.38. The van der Waals surface area contributed by atoms with Crippen LogP contribution in [0.1, 0.15) is 42.5 Å². The summed E-state index contributed by atoms with van der Waals surface area (Å²) in [5.41, 5.74) is -0.678. The second-order valence-electron chi connectivity index (χ2n) is 8.33. The Morgan fingerprint density at radius 2 is 1.86 bits per heavy atom. The van der Waals surface area contributed by atoms with Gasteiger partial charge in [0.25, 0.3) is 11.1 Å². The molecule has 0 bridgehead atoms. The van der Waals surface area contributed by atoms with Crippen LogP contribution < -0.4 is 16.0 Å². The predicted octanol–water partition coefficient (Wildman–Crippen LogP) is 4.51. The summed E-state index contributed by atoms with van der Waals surface area (Å²) in [6.07, 6.45) is 1.91. The Morgan fingerprint density at radius 3 is 2.54 bits per heavy atom. The second-order valence-corrected chi connectivity index (χ2v) is 9.35. The molecule has 1 saturated heterocycles. The van der Waals surface area contributed by atoms with E-state index in [0.717, 1.165) is 43.5 Å². The minimum atomic E-state index is -4.71. The fourth-order valence-corrected chi connectivity index (χ4v) is 4.77. The molecule has 1 aromatic carbocycles. The van der Waals surface area contributed by atoms with E-state index >= 15 is 0 Å². The Bertz CT molecular complexity index is 1130. The van der Waals surface area contributed by atoms with Crippen LogP contribution in [-0.4, -0.2) is 39.7 Å². The quantitative estimate of drug-likeness (QED) is 0.373. The summed E-state index contributed by atoms with van der Waals surface area (Å²) in [6.45, 7) is 0.384. The number of nitrogens with one attached hydrogen (secondary N) is 3. The second kappa shape index (κ2) is 10.7. The van der Waals surface area contributed by atoms with Gasteiger partial charge in [-0.15, -0.1) is 0 Å². The highest BCUT2D eigenvalue weighted by Gasteiger charge is 2.34. The molecule has 2 aromatic rings. The number of nitrogens with zero attached hydrogens (tertiary/aromatic N) is 2. The maximum Gasteiger partial charge on any atom is 0.419 e. The molecule has 1 aliphatic heterocycles. The van der Waals surface area contributed by atoms with Crippen LogP contribution >= 0.6 is 11.8 Å². The van der Waals surface area contributed by atoms with Crippen molar-refractivity contribution in [2.24, 2.45) is 0 Å². The van der Waals surface area contributed by atoms with Gasteiger partial charge in [-0.1, -0.05) is 12.1 Å². The van der Waals surface area contributed by atoms with Gasteiger partial charge < -0.3 is 10.6 Å². The minimum Gasteiger partial charge on any atom is -0.351 e. The molecule has 4 rings (SSSR count). The Kier molecular flexibility index (Phi) is 7.70. The van der Waals surface area contributed by atoms with Crippen molar-refractivity contribution in [1.82, 2.24) is 20.6 Å². The number of rotatable bonds is 7. The van der Waals surface area contributed by atoms with Crippen molar-refractivity contribution >= 4 is 34.9 Å². The molecule has 2 amide bonds. The molecule has 2 heterocycles. The van der Waals surface area contributed by atoms with Gasteiger partial charge in [-0.25, -0.2) is 14.4 Å². The molecular formula is C23H23F4N5O2S. The molecule has 35 heavy (non-hydrogen) atoms. The van der Waals surface area contributed by atoms with E-state index in [-0.39, 0.29) is 29.0 Å². The number of alkyl halides is 3. The number of hydrogen-bond acceptors (Lipinski definition) is 7. The first-order valence-electron chi connectivity index (χ1n) is 11.1. The van der Waals surface area contributed by atoms with Gasteiger partial charge in [0.05, 0.1) is 16.2 Å². The summed E-state index contributed by atoms with van der Waals surface area (Å²) >= 11 is 0.821. The number of halogens is 4. The minimum absolute atomic E-state index is 0.0486. The number of amides is 2. The molecule has 186 valence electrons. The largest absolute Gasteiger partial charge is 0.419 e. The maximum atomic E-state index is 14.2. The van der Waals surface area contributed by atoms with Crippen LogP contribution in [0.15, 0.2) is 35.4 Å². The summed E-state index contributed by atoms with van der Waals surface area (Å²) in [4.78, 5) is 31.9. The van der Waals surface area contributed by atoms with E-state index in [4.69, 9.17) is 0 Å². The van der Waals surface area contributed by atoms with E-state index < -0.39 is 28.7 Å². The third-order valence-electron chi connectivity index (χ3n) is 5.87. The van der Waals surface area contributed by atoms with Crippen LogP contribution in [0.4, 0.5) is 28.3 Å². The first kappa shape index (κ1) is 25.1. The number of carbonyl (C=O) groups excluding carboxylic acids is 2. The van der Waals surface area contributed by atoms with Crippen molar-refractivity contribution in [2.75, 3.05) is 11.9 Å². The van der Waals surface area contributed by atoms with Crippen molar-refractivity contribution in [3.05, 3.63) is 58.0 Å². The lowest BCUT2D eigenvalue weighted by Crippen LogP contribution is -2.38. The molecule has 1 aromatic heterocycles. The molecule has 1 saturated carbocycles. The third kappa shape index (κ3) is 6.57. The summed E-state index contributed by atoms with van der Waals surface area (Å²) < 4.78 is 52.8. The lowest BCUT2D eigenvalue weighted by atomic mass is 9.91. The smallest absolute Gasteiger partial charge is 0.351 e. The molecule has 2 fully saturated rings. The summed E-state index contributed by atoms with van der Waals surface area (Å²) in [5.74, 6) is -1.23. The van der Waals surface area contributed by atoms with Crippen LogP contribution in [0.2, 0.25) is 0 Å². The van der Waals surface area contributed by atoms with E-state index in [1.807, 2.05) is 0 Å². The number of aromatic nitrogens is 2. The van der Waals surface area contributed by atoms with Gasteiger partial charge in [-0.05, 0) is 74.2 Å². The van der Waals surface area contributed by atoms with E-state index in [2.05, 4.69) is 25.9 Å². The number of carbonyl (C=O) groups is 2. The summed E-state index contributed by atoms with van der Waals surface area (Å²) in [6, 6.07) is 5.33. The van der Waals surface area contributed by atoms with Gasteiger partial charge in [0.1, 0.15) is 5.82 Å². The summed E-state index contributed by atoms with van der Waals surface area (Å²) in [7, 11) is 0. The lowest BCUT2D eigenvalue weighted by Gasteiger charge is -2.30. The normalized spacial score (nSPS) is 21.9. The molecule has 0 atom stereocenters. The van der Waals surface area contributed by atoms with Gasteiger partial charge in [0.2, 0.25) is 5.95 Å². The van der Waals surface area contributed by atoms with Gasteiger partial charge >= 0.3 is 6.18 Å². The highest BCUT2D eigenvalue weighted by molar-refractivity contribution is 8.18. The Morgan fingerprint density at radius 1 is 1.11 bits per heavy atom. The maximum absolute atomic E-state index is 14.2. The fraction of sp³-hybridized carbons (Fsp3) is 0.391. The molecule has 0 unspecified atom stereocenters. The van der Waals surface area contributed by atoms with Crippen molar-refractivity contribution in [2.45, 2.75) is 50.4 Å². The highest BCUT2D eigenvalue weighted by Crippen LogP contribution is 2.32. The standard InChI is InChI=1S/C23H23F4N5O2S/c24-19-13(2-1-3-17(19)23(25,26)27)8-10-28-14-4-6-15(7-5-14)30-21-29-11-9-16(31-21)12-18-20(33)32-22(34)35-18/h1-3,9,11-12,14-15,28H,4-8,10H2,(H,29,30,31)(H,32,33,34)/b18-12-. The van der Waals surface area contributed by atoms with Crippen molar-refractivity contribution in [3.8, 4) is 0 Å². The van der Waals surface area contributed by atoms with Crippen LogP contribution in [0, 0.1) is 5.82 Å². The van der Waals surface area contributed by atoms with Gasteiger partial charge in [0, 0.05) is 18.3 Å². The van der Waals surface area contributed by atoms with E-state index in [9.17, 15) is 27.2 Å². The average molecular weight is 510 g/mol. The molecule has 0 spiro atoms. The molecule has 0 radical (unpaired) electrons. The van der Waals surface area contributed by atoms with Gasteiger partial charge in [-0.2, -0.15) is 13.2 Å². The predicted molar refractivity (Wildman–Crippen MR) is 124 cm³/mol. The molecule has 1 aliphatic carbocycles. The lowest BCUT2D eigenvalue weighted by molar-refractivity contribution is -0.140. The average Bonchev–Trinajstić information content (AvgIpc) is 3.12. The number of hydrogen-bond donors (Lipinski definition) is 3. The van der Waals surface area contributed by atoms with E-state index in [0.29, 0.717) is 18.2 Å². The first-order valence-corrected chi connectivity index (χ1v) is 11.9. The Hall–Kier alpha value is -2.99. The van der Waals surface area contributed by atoms with Crippen LogP contribution in [0.25, 0.3) is 6.08 Å². The molecule has 2 aliphatic rings. The topological polar surface area (TPSA) is 96.0 Å². The van der Waals surface area contributed by atoms with Crippen LogP contribution in [0.5, 0.6) is 0 Å². The number of benzene rings is 1. The zero-order valence-electron chi connectivity index (χ0n) is 18.5. The van der Waals surface area contributed by atoms with E-state index in [1.165, 1.54) is 18.2 Å². The molecule has 12 heteroatoms. The van der Waals surface area contributed by atoms with Gasteiger partial charge in [0.15, 0.2) is 0 Å². The fourth-order valence-electron chi connectivity index (χ4n) is 4.11. The zero-order valence-corrected chi connectivity index (χ0v) is 19.3. The zero-order chi connectivity index (χ0) is 25.0. The van der Waals surface area contributed by atoms with Crippen molar-refractivity contribution in [1.29, 1.82) is 0 Å². The third-order valence-corrected chi connectivity index (χ3v) is 6.68. The van der Waals surface area contributed by atoms with Gasteiger partial charge in [-0.3, -0.25) is 14.9 Å². The first-order chi connectivity index (χ1) is 16.7. The number of anilines is 1. The SMILES string of the molecule is O=C1NC(=O)/C(=C/c2ccnc(NC3CCC(NCCc4cccc(C(F)(F)F)c4F)CC3)n2)S1. The van der Waals surface area contributed by atoms with Crippen molar-refractivity contribution < 1.29 is 27.2 Å². The number of thioether (sulfide) groups is 1. The Labute approximate surface area is 203 Å². The highest BCUT2D eigenvalue weighted by atomic mass is 32.2. The molecular weight excluding hydrogens is 486 g/mol.